The van der Waals surface area contributed by atoms with Crippen molar-refractivity contribution in [2.45, 2.75) is 13.3 Å². The molecular weight excluding hydrogens is 348 g/mol. The number of nitriles is 1. The van der Waals surface area contributed by atoms with E-state index in [1.54, 1.807) is 13.0 Å². The van der Waals surface area contributed by atoms with Gasteiger partial charge in [-0.15, -0.1) is 0 Å². The lowest BCUT2D eigenvalue weighted by Gasteiger charge is -2.10. The Morgan fingerprint density at radius 3 is 2.22 bits per heavy atom. The smallest absolute Gasteiger partial charge is 0.342 e. The fourth-order valence-electron chi connectivity index (χ4n) is 2.31. The molecule has 7 heteroatoms. The normalized spacial score (nSPS) is 9.63. The van der Waals surface area contributed by atoms with Gasteiger partial charge < -0.3 is 9.47 Å². The van der Waals surface area contributed by atoms with Gasteiger partial charge in [0.25, 0.3) is 0 Å². The Morgan fingerprint density at radius 1 is 1.07 bits per heavy atom. The molecule has 134 valence electrons. The molecule has 0 amide bonds. The molecule has 0 aliphatic carbocycles. The van der Waals surface area contributed by atoms with E-state index in [4.69, 9.17) is 11.3 Å². The van der Waals surface area contributed by atoms with E-state index >= 15 is 0 Å². The maximum atomic E-state index is 12.3. The van der Waals surface area contributed by atoms with Gasteiger partial charge in [0.2, 0.25) is 5.69 Å². The second-order valence-corrected chi connectivity index (χ2v) is 5.29. The SMILES string of the molecule is [C-]#[N+]c1c(OC(=O)c2ccc(C(=O)CC)cc2)ccc(C(=O)OC)c1C#N. The van der Waals surface area contributed by atoms with Gasteiger partial charge in [0.1, 0.15) is 5.75 Å². The molecule has 2 aromatic carbocycles. The van der Waals surface area contributed by atoms with Crippen LogP contribution in [0.4, 0.5) is 5.69 Å². The van der Waals surface area contributed by atoms with Crippen LogP contribution in [0, 0.1) is 17.9 Å². The van der Waals surface area contributed by atoms with Crippen LogP contribution in [-0.4, -0.2) is 24.8 Å². The van der Waals surface area contributed by atoms with E-state index in [1.165, 1.54) is 36.4 Å². The first kappa shape index (κ1) is 19.4. The summed E-state index contributed by atoms with van der Waals surface area (Å²) in [7, 11) is 1.15. The van der Waals surface area contributed by atoms with E-state index < -0.39 is 11.9 Å². The number of hydrogen-bond acceptors (Lipinski definition) is 6. The van der Waals surface area contributed by atoms with Crippen molar-refractivity contribution in [1.29, 1.82) is 5.26 Å². The number of Topliss-reactive ketones (excluding diaryl/α,β-unsaturated/α-hetero) is 1. The number of ketones is 1. The van der Waals surface area contributed by atoms with Gasteiger partial charge in [-0.3, -0.25) is 4.79 Å². The van der Waals surface area contributed by atoms with E-state index in [1.807, 2.05) is 0 Å². The Balaban J connectivity index is 2.36. The standard InChI is InChI=1S/C20H14N2O5/c1-4-16(23)12-5-7-13(8-6-12)19(24)27-17-10-9-14(20(25)26-3)15(11-21)18(17)22-2/h5-10H,4H2,1,3H3. The Kier molecular flexibility index (Phi) is 6.03. The average Bonchev–Trinajstić information content (AvgIpc) is 2.71. The van der Waals surface area contributed by atoms with Crippen LogP contribution in [0.25, 0.3) is 4.85 Å². The maximum absolute atomic E-state index is 12.3. The van der Waals surface area contributed by atoms with Gasteiger partial charge in [-0.25, -0.2) is 14.4 Å². The zero-order valence-electron chi connectivity index (χ0n) is 14.6. The minimum atomic E-state index is -0.773. The second kappa shape index (κ2) is 8.41. The van der Waals surface area contributed by atoms with Gasteiger partial charge in [-0.05, 0) is 24.3 Å². The summed E-state index contributed by atoms with van der Waals surface area (Å²) >= 11 is 0. The molecule has 0 saturated carbocycles. The Hall–Kier alpha value is -3.97. The summed E-state index contributed by atoms with van der Waals surface area (Å²) in [6.07, 6.45) is 0.349. The summed E-state index contributed by atoms with van der Waals surface area (Å²) in [5.74, 6) is -1.73. The molecule has 0 aliphatic rings. The highest BCUT2D eigenvalue weighted by Crippen LogP contribution is 2.34. The summed E-state index contributed by atoms with van der Waals surface area (Å²) < 4.78 is 9.80. The third-order valence-electron chi connectivity index (χ3n) is 3.74. The van der Waals surface area contributed by atoms with Crippen molar-refractivity contribution in [2.75, 3.05) is 7.11 Å². The topological polar surface area (TPSA) is 97.8 Å². The molecule has 0 bridgehead atoms. The first-order valence-electron chi connectivity index (χ1n) is 7.85. The number of hydrogen-bond donors (Lipinski definition) is 0. The minimum absolute atomic E-state index is 0.0535. The van der Waals surface area contributed by atoms with E-state index in [0.717, 1.165) is 7.11 Å². The quantitative estimate of drug-likeness (QED) is 0.348. The van der Waals surface area contributed by atoms with Crippen LogP contribution in [0.1, 0.15) is 50.0 Å². The molecule has 0 saturated heterocycles. The van der Waals surface area contributed by atoms with Crippen molar-refractivity contribution in [2.24, 2.45) is 0 Å². The van der Waals surface area contributed by atoms with Crippen molar-refractivity contribution in [3.8, 4) is 11.8 Å². The molecule has 0 fully saturated rings. The number of methoxy groups -OCH3 is 1. The fourth-order valence-corrected chi connectivity index (χ4v) is 2.31. The molecule has 27 heavy (non-hydrogen) atoms. The third-order valence-corrected chi connectivity index (χ3v) is 3.74. The van der Waals surface area contributed by atoms with Gasteiger partial charge in [0.05, 0.1) is 36.4 Å². The molecule has 0 aliphatic heterocycles. The minimum Gasteiger partial charge on any atom is -0.465 e. The predicted octanol–water partition coefficient (Wildman–Crippen LogP) is 3.71. The lowest BCUT2D eigenvalue weighted by molar-refractivity contribution is 0.0600. The van der Waals surface area contributed by atoms with Crippen LogP contribution < -0.4 is 4.74 Å². The van der Waals surface area contributed by atoms with Gasteiger partial charge in [-0.2, -0.15) is 5.26 Å². The molecule has 0 heterocycles. The lowest BCUT2D eigenvalue weighted by atomic mass is 10.1. The first-order chi connectivity index (χ1) is 13.0. The number of carbonyl (C=O) groups excluding carboxylic acids is 3. The monoisotopic (exact) mass is 362 g/mol. The van der Waals surface area contributed by atoms with Crippen LogP contribution in [0.3, 0.4) is 0 Å². The van der Waals surface area contributed by atoms with E-state index in [9.17, 15) is 19.6 Å². The van der Waals surface area contributed by atoms with E-state index in [0.29, 0.717) is 12.0 Å². The number of esters is 2. The summed E-state index contributed by atoms with van der Waals surface area (Å²) in [4.78, 5) is 38.9. The average molecular weight is 362 g/mol. The van der Waals surface area contributed by atoms with Crippen LogP contribution in [0.5, 0.6) is 5.75 Å². The van der Waals surface area contributed by atoms with Crippen LogP contribution >= 0.6 is 0 Å². The molecule has 0 spiro atoms. The molecule has 0 atom stereocenters. The summed E-state index contributed by atoms with van der Waals surface area (Å²) in [6, 6.07) is 10.2. The summed E-state index contributed by atoms with van der Waals surface area (Å²) in [5.41, 5.74) is 0.0741. The number of nitrogens with zero attached hydrogens (tertiary/aromatic N) is 2. The number of carbonyl (C=O) groups is 3. The third kappa shape index (κ3) is 4.00. The van der Waals surface area contributed by atoms with Gasteiger partial charge in [0.15, 0.2) is 5.78 Å². The van der Waals surface area contributed by atoms with Gasteiger partial charge in [-0.1, -0.05) is 19.1 Å². The zero-order chi connectivity index (χ0) is 20.0. The fraction of sp³-hybridized carbons (Fsp3) is 0.150. The van der Waals surface area contributed by atoms with Crippen molar-refractivity contribution in [3.63, 3.8) is 0 Å². The molecule has 0 unspecified atom stereocenters. The van der Waals surface area contributed by atoms with Crippen LogP contribution in [0.15, 0.2) is 36.4 Å². The molecule has 2 rings (SSSR count). The Bertz CT molecular complexity index is 995. The van der Waals surface area contributed by atoms with Crippen molar-refractivity contribution < 1.29 is 23.9 Å². The molecular formula is C20H14N2O5. The van der Waals surface area contributed by atoms with Crippen LogP contribution in [0.2, 0.25) is 0 Å². The van der Waals surface area contributed by atoms with Crippen molar-refractivity contribution >= 4 is 23.4 Å². The number of benzene rings is 2. The van der Waals surface area contributed by atoms with Crippen LogP contribution in [-0.2, 0) is 4.74 Å². The largest absolute Gasteiger partial charge is 0.465 e. The van der Waals surface area contributed by atoms with Crippen molar-refractivity contribution in [1.82, 2.24) is 0 Å². The summed E-state index contributed by atoms with van der Waals surface area (Å²) in [5, 5.41) is 9.28. The predicted molar refractivity (Wildman–Crippen MR) is 94.8 cm³/mol. The molecule has 0 radical (unpaired) electrons. The summed E-state index contributed by atoms with van der Waals surface area (Å²) in [6.45, 7) is 9.00. The molecule has 0 N–H and O–H groups in total. The highest BCUT2D eigenvalue weighted by atomic mass is 16.5. The highest BCUT2D eigenvalue weighted by molar-refractivity contribution is 5.99. The Labute approximate surface area is 155 Å². The second-order valence-electron chi connectivity index (χ2n) is 5.29. The Morgan fingerprint density at radius 2 is 1.70 bits per heavy atom. The zero-order valence-corrected chi connectivity index (χ0v) is 14.6. The van der Waals surface area contributed by atoms with Gasteiger partial charge in [0, 0.05) is 12.0 Å². The van der Waals surface area contributed by atoms with E-state index in [2.05, 4.69) is 9.58 Å². The lowest BCUT2D eigenvalue weighted by Crippen LogP contribution is -2.10. The van der Waals surface area contributed by atoms with Gasteiger partial charge >= 0.3 is 11.9 Å². The maximum Gasteiger partial charge on any atom is 0.342 e. The van der Waals surface area contributed by atoms with Crippen molar-refractivity contribution in [3.05, 3.63) is 70.1 Å². The number of rotatable bonds is 5. The molecule has 2 aromatic rings. The van der Waals surface area contributed by atoms with E-state index in [-0.39, 0.29) is 33.9 Å². The molecule has 0 aromatic heterocycles. The number of ether oxygens (including phenoxy) is 2. The highest BCUT2D eigenvalue weighted by Gasteiger charge is 2.21. The first-order valence-corrected chi connectivity index (χ1v) is 7.85. The molecule has 7 nitrogen and oxygen atoms in total.